The van der Waals surface area contributed by atoms with Crippen LogP contribution in [0.3, 0.4) is 0 Å². The highest BCUT2D eigenvalue weighted by atomic mass is 32.2. The Bertz CT molecular complexity index is 1050. The van der Waals surface area contributed by atoms with Gasteiger partial charge in [0.2, 0.25) is 0 Å². The van der Waals surface area contributed by atoms with Crippen LogP contribution in [0.25, 0.3) is 0 Å². The molecule has 2 fully saturated rings. The SMILES string of the molecule is C[C@]12CC[C@H]3C(=CCc4cc(OS(N)(=O)=O)ccc43)[C@@H]1CC[C@@H]2OS(N)(=O)=O. The summed E-state index contributed by atoms with van der Waals surface area (Å²) < 4.78 is 55.3. The molecule has 1 aromatic rings. The molecular weight excluding hydrogens is 404 g/mol. The van der Waals surface area contributed by atoms with Crippen LogP contribution in [-0.2, 0) is 31.2 Å². The van der Waals surface area contributed by atoms with Crippen LogP contribution >= 0.6 is 0 Å². The number of rotatable bonds is 4. The topological polar surface area (TPSA) is 139 Å². The monoisotopic (exact) mass is 428 g/mol. The molecule has 4 atom stereocenters. The van der Waals surface area contributed by atoms with Gasteiger partial charge in [-0.25, -0.2) is 5.14 Å². The van der Waals surface area contributed by atoms with E-state index in [9.17, 15) is 16.8 Å². The highest BCUT2D eigenvalue weighted by Crippen LogP contribution is 2.60. The maximum absolute atomic E-state index is 11.5. The van der Waals surface area contributed by atoms with Crippen molar-refractivity contribution >= 4 is 20.6 Å². The minimum absolute atomic E-state index is 0.209. The normalized spacial score (nSPS) is 32.1. The third-order valence-corrected chi connectivity index (χ3v) is 7.46. The maximum Gasteiger partial charge on any atom is 0.380 e. The molecule has 154 valence electrons. The first-order chi connectivity index (χ1) is 13.0. The van der Waals surface area contributed by atoms with Crippen LogP contribution < -0.4 is 14.5 Å². The summed E-state index contributed by atoms with van der Waals surface area (Å²) in [5, 5.41) is 10.1. The van der Waals surface area contributed by atoms with Crippen molar-refractivity contribution in [3.05, 3.63) is 41.0 Å². The van der Waals surface area contributed by atoms with Gasteiger partial charge in [0.1, 0.15) is 5.75 Å². The quantitative estimate of drug-likeness (QED) is 0.699. The summed E-state index contributed by atoms with van der Waals surface area (Å²) in [6.07, 6.45) is 5.67. The minimum Gasteiger partial charge on any atom is -0.371 e. The molecule has 0 bridgehead atoms. The zero-order chi connectivity index (χ0) is 20.3. The van der Waals surface area contributed by atoms with Crippen molar-refractivity contribution in [2.24, 2.45) is 21.6 Å². The van der Waals surface area contributed by atoms with Crippen LogP contribution in [0.5, 0.6) is 5.75 Å². The van der Waals surface area contributed by atoms with Gasteiger partial charge in [0.05, 0.1) is 6.10 Å². The van der Waals surface area contributed by atoms with Crippen molar-refractivity contribution in [2.45, 2.75) is 51.0 Å². The van der Waals surface area contributed by atoms with Crippen molar-refractivity contribution < 1.29 is 25.2 Å². The molecule has 3 aliphatic rings. The predicted molar refractivity (Wildman–Crippen MR) is 103 cm³/mol. The van der Waals surface area contributed by atoms with Crippen molar-refractivity contribution in [3.63, 3.8) is 0 Å². The van der Waals surface area contributed by atoms with Gasteiger partial charge in [-0.2, -0.15) is 22.0 Å². The fourth-order valence-electron chi connectivity index (χ4n) is 5.40. The summed E-state index contributed by atoms with van der Waals surface area (Å²) in [5.74, 6) is 0.686. The predicted octanol–water partition coefficient (Wildman–Crippen LogP) is 1.63. The Labute approximate surface area is 165 Å². The zero-order valence-corrected chi connectivity index (χ0v) is 17.1. The number of nitrogens with two attached hydrogens (primary N) is 2. The van der Waals surface area contributed by atoms with Gasteiger partial charge >= 0.3 is 20.6 Å². The minimum atomic E-state index is -4.06. The third-order valence-electron chi connectivity index (χ3n) is 6.54. The molecule has 0 radical (unpaired) electrons. The van der Waals surface area contributed by atoms with Crippen LogP contribution in [0, 0.1) is 11.3 Å². The zero-order valence-electron chi connectivity index (χ0n) is 15.5. The molecule has 4 N–H and O–H groups in total. The molecule has 0 amide bonds. The summed E-state index contributed by atoms with van der Waals surface area (Å²) in [4.78, 5) is 0. The van der Waals surface area contributed by atoms with E-state index < -0.39 is 26.7 Å². The Morgan fingerprint density at radius 1 is 1.07 bits per heavy atom. The maximum atomic E-state index is 11.5. The molecule has 1 aromatic carbocycles. The van der Waals surface area contributed by atoms with E-state index in [-0.39, 0.29) is 23.0 Å². The second-order valence-electron chi connectivity index (χ2n) is 8.15. The van der Waals surface area contributed by atoms with Crippen LogP contribution in [0.1, 0.15) is 49.7 Å². The molecule has 10 heteroatoms. The first-order valence-corrected chi connectivity index (χ1v) is 12.2. The van der Waals surface area contributed by atoms with E-state index in [1.165, 1.54) is 5.57 Å². The second-order valence-corrected chi connectivity index (χ2v) is 10.5. The van der Waals surface area contributed by atoms with E-state index in [1.54, 1.807) is 12.1 Å². The van der Waals surface area contributed by atoms with Crippen LogP contribution in [0.4, 0.5) is 0 Å². The van der Waals surface area contributed by atoms with Crippen molar-refractivity contribution in [1.82, 2.24) is 0 Å². The van der Waals surface area contributed by atoms with E-state index in [0.717, 1.165) is 30.4 Å². The Morgan fingerprint density at radius 3 is 2.50 bits per heavy atom. The number of hydrogen-bond acceptors (Lipinski definition) is 6. The standard InChI is InChI=1S/C18H24N2O6S2/c1-18-9-8-14-13-5-3-12(25-27(19,21)22)10-11(13)2-4-15(14)16(18)6-7-17(18)26-28(20,23)24/h3-5,10,14,16-17H,2,6-9H2,1H3,(H2,19,21,22)(H2,20,23,24)/t14-,16+,17+,18+/m1/s1. The molecule has 28 heavy (non-hydrogen) atoms. The van der Waals surface area contributed by atoms with Gasteiger partial charge in [-0.3, -0.25) is 4.18 Å². The molecule has 0 heterocycles. The molecule has 4 rings (SSSR count). The molecule has 0 unspecified atom stereocenters. The van der Waals surface area contributed by atoms with Gasteiger partial charge in [-0.05, 0) is 61.3 Å². The summed E-state index contributed by atoms with van der Waals surface area (Å²) in [6, 6.07) is 5.26. The molecular formula is C18H24N2O6S2. The van der Waals surface area contributed by atoms with Crippen LogP contribution in [0.2, 0.25) is 0 Å². The largest absolute Gasteiger partial charge is 0.380 e. The Kier molecular flexibility index (Phi) is 4.63. The summed E-state index contributed by atoms with van der Waals surface area (Å²) in [5.41, 5.74) is 3.25. The number of hydrogen-bond donors (Lipinski definition) is 2. The Balaban J connectivity index is 1.62. The smallest absolute Gasteiger partial charge is 0.371 e. The summed E-state index contributed by atoms with van der Waals surface area (Å²) in [7, 11) is -8.04. The second kappa shape index (κ2) is 6.53. The lowest BCUT2D eigenvalue weighted by atomic mass is 9.59. The van der Waals surface area contributed by atoms with Gasteiger partial charge in [0.15, 0.2) is 0 Å². The van der Waals surface area contributed by atoms with E-state index in [1.807, 2.05) is 6.07 Å². The molecule has 0 spiro atoms. The highest BCUT2D eigenvalue weighted by molar-refractivity contribution is 7.84. The summed E-state index contributed by atoms with van der Waals surface area (Å²) in [6.45, 7) is 2.09. The van der Waals surface area contributed by atoms with Crippen molar-refractivity contribution in [1.29, 1.82) is 0 Å². The molecule has 0 aliphatic heterocycles. The van der Waals surface area contributed by atoms with Crippen LogP contribution in [-0.4, -0.2) is 22.9 Å². The van der Waals surface area contributed by atoms with Crippen molar-refractivity contribution in [2.75, 3.05) is 0 Å². The molecule has 0 aromatic heterocycles. The first-order valence-electron chi connectivity index (χ1n) is 9.22. The van der Waals surface area contributed by atoms with Crippen molar-refractivity contribution in [3.8, 4) is 5.75 Å². The number of allylic oxidation sites excluding steroid dienone is 2. The summed E-state index contributed by atoms with van der Waals surface area (Å²) >= 11 is 0. The van der Waals surface area contributed by atoms with E-state index in [2.05, 4.69) is 13.0 Å². The van der Waals surface area contributed by atoms with E-state index in [4.69, 9.17) is 18.6 Å². The fourth-order valence-corrected chi connectivity index (χ4v) is 6.41. The Morgan fingerprint density at radius 2 is 1.82 bits per heavy atom. The fraction of sp³-hybridized carbons (Fsp3) is 0.556. The van der Waals surface area contributed by atoms with E-state index in [0.29, 0.717) is 12.8 Å². The lowest BCUT2D eigenvalue weighted by Gasteiger charge is -2.46. The Hall–Kier alpha value is -1.46. The number of fused-ring (bicyclic) bond motifs is 5. The average Bonchev–Trinajstić information content (AvgIpc) is 2.88. The average molecular weight is 429 g/mol. The van der Waals surface area contributed by atoms with Gasteiger partial charge in [0, 0.05) is 11.3 Å². The van der Waals surface area contributed by atoms with Gasteiger partial charge in [0.25, 0.3) is 0 Å². The molecule has 0 saturated heterocycles. The molecule has 3 aliphatic carbocycles. The van der Waals surface area contributed by atoms with Gasteiger partial charge in [-0.1, -0.05) is 24.6 Å². The lowest BCUT2D eigenvalue weighted by molar-refractivity contribution is 0.0495. The molecule has 8 nitrogen and oxygen atoms in total. The van der Waals surface area contributed by atoms with E-state index >= 15 is 0 Å². The van der Waals surface area contributed by atoms with Crippen LogP contribution in [0.15, 0.2) is 29.8 Å². The van der Waals surface area contributed by atoms with Gasteiger partial charge < -0.3 is 4.18 Å². The number of benzene rings is 1. The third kappa shape index (κ3) is 3.59. The highest BCUT2D eigenvalue weighted by Gasteiger charge is 2.54. The van der Waals surface area contributed by atoms with Gasteiger partial charge in [-0.15, -0.1) is 0 Å². The molecule has 2 saturated carbocycles. The first kappa shape index (κ1) is 19.8. The lowest BCUT2D eigenvalue weighted by Crippen LogP contribution is -2.42.